The maximum Gasteiger partial charge on any atom is 0.123 e. The first-order valence-corrected chi connectivity index (χ1v) is 7.90. The summed E-state index contributed by atoms with van der Waals surface area (Å²) in [6.07, 6.45) is 0. The molecule has 0 amide bonds. The predicted molar refractivity (Wildman–Crippen MR) is 89.2 cm³/mol. The van der Waals surface area contributed by atoms with Gasteiger partial charge in [-0.2, -0.15) is 0 Å². The summed E-state index contributed by atoms with van der Waals surface area (Å²) in [6.45, 7) is 6.70. The lowest BCUT2D eigenvalue weighted by Crippen LogP contribution is -2.27. The Kier molecular flexibility index (Phi) is 4.33. The molecule has 120 valence electrons. The number of rotatable bonds is 4. The van der Waals surface area contributed by atoms with Gasteiger partial charge >= 0.3 is 0 Å². The first-order chi connectivity index (χ1) is 11.1. The molecule has 2 aromatic carbocycles. The second kappa shape index (κ2) is 6.41. The van der Waals surface area contributed by atoms with Crippen LogP contribution in [0.4, 0.5) is 8.78 Å². The summed E-state index contributed by atoms with van der Waals surface area (Å²) in [5.74, 6) is -0.489. The predicted octanol–water partition coefficient (Wildman–Crippen LogP) is 4.41. The summed E-state index contributed by atoms with van der Waals surface area (Å²) < 4.78 is 26.6. The summed E-state index contributed by atoms with van der Waals surface area (Å²) >= 11 is 0. The van der Waals surface area contributed by atoms with Gasteiger partial charge in [0.2, 0.25) is 0 Å². The van der Waals surface area contributed by atoms with Gasteiger partial charge < -0.3 is 9.80 Å². The molecule has 4 heteroatoms. The van der Waals surface area contributed by atoms with Crippen LogP contribution in [0.15, 0.2) is 48.5 Å². The van der Waals surface area contributed by atoms with E-state index in [0.29, 0.717) is 0 Å². The molecule has 0 aromatic heterocycles. The van der Waals surface area contributed by atoms with Gasteiger partial charge in [-0.3, -0.25) is 0 Å². The fourth-order valence-corrected chi connectivity index (χ4v) is 3.02. The van der Waals surface area contributed by atoms with Crippen LogP contribution in [0.3, 0.4) is 0 Å². The fourth-order valence-electron chi connectivity index (χ4n) is 3.02. The lowest BCUT2D eigenvalue weighted by molar-refractivity contribution is 0.297. The smallest absolute Gasteiger partial charge is 0.123 e. The van der Waals surface area contributed by atoms with Gasteiger partial charge in [-0.05, 0) is 62.4 Å². The molecule has 1 aliphatic heterocycles. The molecule has 0 spiro atoms. The van der Waals surface area contributed by atoms with Crippen LogP contribution in [0.25, 0.3) is 11.4 Å². The van der Waals surface area contributed by atoms with E-state index >= 15 is 0 Å². The number of hydrogen-bond acceptors (Lipinski definition) is 2. The molecule has 0 saturated carbocycles. The van der Waals surface area contributed by atoms with Gasteiger partial charge in [-0.25, -0.2) is 8.78 Å². The third-order valence-corrected chi connectivity index (χ3v) is 4.20. The zero-order valence-electron chi connectivity index (χ0n) is 13.4. The summed E-state index contributed by atoms with van der Waals surface area (Å²) in [4.78, 5) is 4.52. The normalized spacial score (nSPS) is 14.8. The zero-order chi connectivity index (χ0) is 16.4. The van der Waals surface area contributed by atoms with Gasteiger partial charge in [-0.1, -0.05) is 0 Å². The molecule has 0 unspecified atom stereocenters. The van der Waals surface area contributed by atoms with E-state index in [2.05, 4.69) is 23.6 Å². The van der Waals surface area contributed by atoms with Gasteiger partial charge in [0.25, 0.3) is 0 Å². The van der Waals surface area contributed by atoms with E-state index in [0.717, 1.165) is 42.3 Å². The Bertz CT molecular complexity index is 644. The molecule has 2 aromatic rings. The standard InChI is InChI=1S/C19H20F2N2/c1-3-22-13-23(4-2)19(15-7-11-17(21)12-8-15)18(22)14-5-9-16(20)10-6-14/h5-12H,3-4,13H2,1-2H3. The van der Waals surface area contributed by atoms with Crippen molar-refractivity contribution in [1.82, 2.24) is 9.80 Å². The van der Waals surface area contributed by atoms with Gasteiger partial charge in [0, 0.05) is 24.2 Å². The van der Waals surface area contributed by atoms with Crippen molar-refractivity contribution in [3.05, 3.63) is 71.3 Å². The van der Waals surface area contributed by atoms with E-state index in [9.17, 15) is 8.78 Å². The SMILES string of the molecule is CCN1CN(CC)C(c2ccc(F)cc2)=C1c1ccc(F)cc1. The molecule has 2 nitrogen and oxygen atoms in total. The van der Waals surface area contributed by atoms with Crippen molar-refractivity contribution in [1.29, 1.82) is 0 Å². The van der Waals surface area contributed by atoms with Crippen molar-refractivity contribution >= 4 is 11.4 Å². The molecule has 0 saturated heterocycles. The second-order valence-corrected chi connectivity index (χ2v) is 5.56. The molecule has 0 fully saturated rings. The van der Waals surface area contributed by atoms with Crippen LogP contribution in [-0.2, 0) is 0 Å². The molecule has 1 aliphatic rings. The molecule has 0 aliphatic carbocycles. The summed E-state index contributed by atoms with van der Waals surface area (Å²) in [7, 11) is 0. The van der Waals surface area contributed by atoms with Crippen molar-refractivity contribution in [2.45, 2.75) is 13.8 Å². The number of benzene rings is 2. The highest BCUT2D eigenvalue weighted by Gasteiger charge is 2.29. The molecule has 0 atom stereocenters. The topological polar surface area (TPSA) is 6.48 Å². The molecule has 3 rings (SSSR count). The van der Waals surface area contributed by atoms with Crippen LogP contribution in [0.5, 0.6) is 0 Å². The van der Waals surface area contributed by atoms with Crippen LogP contribution >= 0.6 is 0 Å². The highest BCUT2D eigenvalue weighted by molar-refractivity contribution is 5.90. The number of halogens is 2. The highest BCUT2D eigenvalue weighted by atomic mass is 19.1. The molecular formula is C19H20F2N2. The molecular weight excluding hydrogens is 294 g/mol. The third-order valence-electron chi connectivity index (χ3n) is 4.20. The third kappa shape index (κ3) is 2.93. The van der Waals surface area contributed by atoms with Gasteiger partial charge in [0.1, 0.15) is 11.6 Å². The van der Waals surface area contributed by atoms with E-state index in [1.54, 1.807) is 24.3 Å². The van der Waals surface area contributed by atoms with Crippen molar-refractivity contribution in [3.8, 4) is 0 Å². The fraction of sp³-hybridized carbons (Fsp3) is 0.263. The van der Waals surface area contributed by atoms with E-state index < -0.39 is 0 Å². The second-order valence-electron chi connectivity index (χ2n) is 5.56. The van der Waals surface area contributed by atoms with Crippen molar-refractivity contribution < 1.29 is 8.78 Å². The number of hydrogen-bond donors (Lipinski definition) is 0. The zero-order valence-corrected chi connectivity index (χ0v) is 13.4. The monoisotopic (exact) mass is 314 g/mol. The lowest BCUT2D eigenvalue weighted by Gasteiger charge is -2.22. The first-order valence-electron chi connectivity index (χ1n) is 7.90. The van der Waals surface area contributed by atoms with Crippen LogP contribution in [-0.4, -0.2) is 29.6 Å². The Labute approximate surface area is 135 Å². The Morgan fingerprint density at radius 2 is 1.04 bits per heavy atom. The van der Waals surface area contributed by atoms with Crippen LogP contribution < -0.4 is 0 Å². The Balaban J connectivity index is 2.17. The Hall–Kier alpha value is -2.36. The van der Waals surface area contributed by atoms with Crippen LogP contribution in [0.2, 0.25) is 0 Å². The molecule has 1 heterocycles. The minimum absolute atomic E-state index is 0.244. The average molecular weight is 314 g/mol. The molecule has 0 bridgehead atoms. The van der Waals surface area contributed by atoms with Gasteiger partial charge in [0.15, 0.2) is 0 Å². The Morgan fingerprint density at radius 1 is 0.696 bits per heavy atom. The molecule has 23 heavy (non-hydrogen) atoms. The van der Waals surface area contributed by atoms with Crippen LogP contribution in [0, 0.1) is 11.6 Å². The average Bonchev–Trinajstić information content (AvgIpc) is 2.95. The molecule has 0 N–H and O–H groups in total. The highest BCUT2D eigenvalue weighted by Crippen LogP contribution is 2.37. The van der Waals surface area contributed by atoms with Gasteiger partial charge in [0.05, 0.1) is 18.1 Å². The maximum absolute atomic E-state index is 13.3. The minimum Gasteiger partial charge on any atom is -0.352 e. The van der Waals surface area contributed by atoms with Crippen molar-refractivity contribution in [2.24, 2.45) is 0 Å². The Morgan fingerprint density at radius 3 is 1.35 bits per heavy atom. The lowest BCUT2D eigenvalue weighted by atomic mass is 10.0. The molecule has 0 radical (unpaired) electrons. The van der Waals surface area contributed by atoms with Gasteiger partial charge in [-0.15, -0.1) is 0 Å². The largest absolute Gasteiger partial charge is 0.352 e. The summed E-state index contributed by atoms with van der Waals surface area (Å²) in [5.41, 5.74) is 4.09. The number of nitrogens with zero attached hydrogens (tertiary/aromatic N) is 2. The summed E-state index contributed by atoms with van der Waals surface area (Å²) in [6, 6.07) is 13.1. The maximum atomic E-state index is 13.3. The quantitative estimate of drug-likeness (QED) is 0.825. The van der Waals surface area contributed by atoms with Crippen molar-refractivity contribution in [2.75, 3.05) is 19.8 Å². The van der Waals surface area contributed by atoms with E-state index in [1.807, 2.05) is 0 Å². The van der Waals surface area contributed by atoms with Crippen molar-refractivity contribution in [3.63, 3.8) is 0 Å². The summed E-state index contributed by atoms with van der Waals surface area (Å²) in [5, 5.41) is 0. The first kappa shape index (κ1) is 15.5. The minimum atomic E-state index is -0.244. The van der Waals surface area contributed by atoms with E-state index in [-0.39, 0.29) is 11.6 Å². The van der Waals surface area contributed by atoms with E-state index in [1.165, 1.54) is 24.3 Å². The van der Waals surface area contributed by atoms with E-state index in [4.69, 9.17) is 0 Å². The van der Waals surface area contributed by atoms with Crippen LogP contribution in [0.1, 0.15) is 25.0 Å².